The number of nitrogens with zero attached hydrogens (tertiary/aromatic N) is 3. The SMILES string of the molecule is N#Cc1cnn(-c2c(Cl)cc(C(F)(F)F)cc2Cl)c1NC(=O)C1CCC1. The van der Waals surface area contributed by atoms with Crippen molar-refractivity contribution in [1.29, 1.82) is 5.26 Å². The van der Waals surface area contributed by atoms with Gasteiger partial charge >= 0.3 is 6.18 Å². The maximum atomic E-state index is 12.9. The molecule has 2 aromatic rings. The number of carbonyl (C=O) groups is 1. The van der Waals surface area contributed by atoms with Crippen LogP contribution in [0.4, 0.5) is 19.0 Å². The van der Waals surface area contributed by atoms with Gasteiger partial charge in [-0.25, -0.2) is 4.68 Å². The number of rotatable bonds is 3. The summed E-state index contributed by atoms with van der Waals surface area (Å²) in [4.78, 5) is 12.2. The van der Waals surface area contributed by atoms with Crippen molar-refractivity contribution >= 4 is 34.9 Å². The van der Waals surface area contributed by atoms with Crippen LogP contribution in [0.25, 0.3) is 5.69 Å². The smallest absolute Gasteiger partial charge is 0.309 e. The number of aromatic nitrogens is 2. The number of alkyl halides is 3. The quantitative estimate of drug-likeness (QED) is 0.800. The maximum Gasteiger partial charge on any atom is 0.416 e. The van der Waals surface area contributed by atoms with Gasteiger partial charge in [0.2, 0.25) is 5.91 Å². The lowest BCUT2D eigenvalue weighted by Gasteiger charge is -2.24. The topological polar surface area (TPSA) is 70.7 Å². The van der Waals surface area contributed by atoms with Crippen LogP contribution in [-0.2, 0) is 11.0 Å². The molecule has 0 radical (unpaired) electrons. The normalized spacial score (nSPS) is 14.6. The van der Waals surface area contributed by atoms with Crippen molar-refractivity contribution in [1.82, 2.24) is 9.78 Å². The highest BCUT2D eigenvalue weighted by Gasteiger charge is 2.33. The second-order valence-electron chi connectivity index (χ2n) is 5.83. The summed E-state index contributed by atoms with van der Waals surface area (Å²) in [6.07, 6.45) is -1.01. The predicted molar refractivity (Wildman–Crippen MR) is 89.3 cm³/mol. The fourth-order valence-electron chi connectivity index (χ4n) is 2.54. The van der Waals surface area contributed by atoms with Crippen molar-refractivity contribution in [3.05, 3.63) is 39.5 Å². The molecule has 1 amide bonds. The summed E-state index contributed by atoms with van der Waals surface area (Å²) in [6, 6.07) is 3.31. The number of halogens is 5. The van der Waals surface area contributed by atoms with Gasteiger partial charge in [-0.15, -0.1) is 0 Å². The van der Waals surface area contributed by atoms with E-state index in [4.69, 9.17) is 23.2 Å². The molecule has 1 fully saturated rings. The van der Waals surface area contributed by atoms with Crippen molar-refractivity contribution in [3.8, 4) is 11.8 Å². The molecule has 0 aliphatic heterocycles. The van der Waals surface area contributed by atoms with E-state index in [0.717, 1.165) is 23.9 Å². The molecule has 0 spiro atoms. The molecule has 1 N–H and O–H groups in total. The number of nitrogens with one attached hydrogen (secondary N) is 1. The van der Waals surface area contributed by atoms with E-state index in [1.54, 1.807) is 0 Å². The molecule has 10 heteroatoms. The van der Waals surface area contributed by atoms with E-state index in [1.807, 2.05) is 6.07 Å². The number of nitriles is 1. The lowest BCUT2D eigenvalue weighted by atomic mass is 9.85. The second-order valence-corrected chi connectivity index (χ2v) is 6.65. The zero-order chi connectivity index (χ0) is 19.1. The zero-order valence-corrected chi connectivity index (χ0v) is 14.6. The first-order valence-corrected chi connectivity index (χ1v) is 8.33. The molecular formula is C16H11Cl2F3N4O. The third-order valence-corrected chi connectivity index (χ3v) is 4.74. The zero-order valence-electron chi connectivity index (χ0n) is 13.1. The van der Waals surface area contributed by atoms with E-state index < -0.39 is 11.7 Å². The summed E-state index contributed by atoms with van der Waals surface area (Å²) in [5.74, 6) is -0.426. The van der Waals surface area contributed by atoms with E-state index >= 15 is 0 Å². The summed E-state index contributed by atoms with van der Waals surface area (Å²) in [6.45, 7) is 0. The first kappa shape index (κ1) is 18.5. The van der Waals surface area contributed by atoms with Gasteiger partial charge in [-0.05, 0) is 25.0 Å². The van der Waals surface area contributed by atoms with Crippen LogP contribution in [-0.4, -0.2) is 15.7 Å². The van der Waals surface area contributed by atoms with Crippen molar-refractivity contribution in [3.63, 3.8) is 0 Å². The minimum atomic E-state index is -4.62. The lowest BCUT2D eigenvalue weighted by molar-refractivity contribution is -0.137. The van der Waals surface area contributed by atoms with Crippen molar-refractivity contribution in [2.45, 2.75) is 25.4 Å². The van der Waals surface area contributed by atoms with Gasteiger partial charge in [-0.3, -0.25) is 4.79 Å². The molecule has 1 aromatic heterocycles. The average Bonchev–Trinajstić information content (AvgIpc) is 2.86. The van der Waals surface area contributed by atoms with Crippen LogP contribution < -0.4 is 5.32 Å². The Kier molecular flexibility index (Phi) is 4.86. The predicted octanol–water partition coefficient (Wildman–Crippen LogP) is 4.81. The highest BCUT2D eigenvalue weighted by atomic mass is 35.5. The molecule has 0 saturated heterocycles. The van der Waals surface area contributed by atoms with Crippen molar-refractivity contribution in [2.24, 2.45) is 5.92 Å². The number of amides is 1. The molecule has 136 valence electrons. The van der Waals surface area contributed by atoms with Crippen LogP contribution in [0.3, 0.4) is 0 Å². The molecule has 5 nitrogen and oxygen atoms in total. The first-order valence-electron chi connectivity index (χ1n) is 7.58. The Labute approximate surface area is 156 Å². The van der Waals surface area contributed by atoms with E-state index in [1.165, 1.54) is 6.20 Å². The van der Waals surface area contributed by atoms with Crippen LogP contribution >= 0.6 is 23.2 Å². The van der Waals surface area contributed by atoms with Gasteiger partial charge in [-0.2, -0.15) is 23.5 Å². The Hall–Kier alpha value is -2.24. The van der Waals surface area contributed by atoms with E-state index in [9.17, 15) is 23.2 Å². The van der Waals surface area contributed by atoms with Crippen LogP contribution in [0, 0.1) is 17.2 Å². The number of hydrogen-bond acceptors (Lipinski definition) is 3. The fraction of sp³-hybridized carbons (Fsp3) is 0.312. The van der Waals surface area contributed by atoms with Gasteiger partial charge < -0.3 is 5.32 Å². The molecule has 1 aromatic carbocycles. The van der Waals surface area contributed by atoms with Gasteiger partial charge in [0.15, 0.2) is 5.82 Å². The molecule has 1 aliphatic carbocycles. The Morgan fingerprint density at radius 2 is 1.92 bits per heavy atom. The average molecular weight is 403 g/mol. The summed E-state index contributed by atoms with van der Waals surface area (Å²) in [5.41, 5.74) is -1.01. The number of benzene rings is 1. The molecule has 3 rings (SSSR count). The van der Waals surface area contributed by atoms with Crippen LogP contribution in [0.2, 0.25) is 10.0 Å². The van der Waals surface area contributed by atoms with Gasteiger partial charge in [0.25, 0.3) is 0 Å². The first-order chi connectivity index (χ1) is 12.2. The highest BCUT2D eigenvalue weighted by molar-refractivity contribution is 6.38. The number of anilines is 1. The monoisotopic (exact) mass is 402 g/mol. The van der Waals surface area contributed by atoms with Gasteiger partial charge in [-0.1, -0.05) is 29.6 Å². The maximum absolute atomic E-state index is 12.9. The Morgan fingerprint density at radius 3 is 2.38 bits per heavy atom. The molecule has 0 bridgehead atoms. The molecule has 0 unspecified atom stereocenters. The Balaban J connectivity index is 2.06. The lowest BCUT2D eigenvalue weighted by Crippen LogP contribution is -2.29. The molecule has 26 heavy (non-hydrogen) atoms. The third-order valence-electron chi connectivity index (χ3n) is 4.16. The highest BCUT2D eigenvalue weighted by Crippen LogP contribution is 2.39. The number of hydrogen-bond donors (Lipinski definition) is 1. The second kappa shape index (κ2) is 6.82. The van der Waals surface area contributed by atoms with E-state index in [-0.39, 0.29) is 38.9 Å². The van der Waals surface area contributed by atoms with Gasteiger partial charge in [0, 0.05) is 5.92 Å². The molecular weight excluding hydrogens is 392 g/mol. The summed E-state index contributed by atoms with van der Waals surface area (Å²) in [5, 5.41) is 15.2. The summed E-state index contributed by atoms with van der Waals surface area (Å²) < 4.78 is 39.7. The van der Waals surface area contributed by atoms with Crippen LogP contribution in [0.1, 0.15) is 30.4 Å². The molecule has 1 saturated carbocycles. The van der Waals surface area contributed by atoms with Crippen molar-refractivity contribution in [2.75, 3.05) is 5.32 Å². The largest absolute Gasteiger partial charge is 0.416 e. The van der Waals surface area contributed by atoms with Crippen LogP contribution in [0.15, 0.2) is 18.3 Å². The van der Waals surface area contributed by atoms with Crippen molar-refractivity contribution < 1.29 is 18.0 Å². The van der Waals surface area contributed by atoms with E-state index in [0.29, 0.717) is 12.1 Å². The molecule has 1 aliphatic rings. The minimum Gasteiger partial charge on any atom is -0.309 e. The van der Waals surface area contributed by atoms with Crippen LogP contribution in [0.5, 0.6) is 0 Å². The Morgan fingerprint density at radius 1 is 1.31 bits per heavy atom. The fourth-order valence-corrected chi connectivity index (χ4v) is 3.19. The standard InChI is InChI=1S/C16H11Cl2F3N4O/c17-11-4-10(16(19,20)21)5-12(18)13(11)25-14(9(6-22)7-23-25)24-15(26)8-2-1-3-8/h4-5,7-8H,1-3H2,(H,24,26). The van der Waals surface area contributed by atoms with E-state index in [2.05, 4.69) is 10.4 Å². The third kappa shape index (κ3) is 3.37. The molecule has 0 atom stereocenters. The molecule has 1 heterocycles. The Bertz CT molecular complexity index is 890. The van der Waals surface area contributed by atoms with Gasteiger partial charge in [0.05, 0.1) is 21.8 Å². The summed E-state index contributed by atoms with van der Waals surface area (Å²) in [7, 11) is 0. The van der Waals surface area contributed by atoms with Gasteiger partial charge in [0.1, 0.15) is 17.3 Å². The summed E-state index contributed by atoms with van der Waals surface area (Å²) >= 11 is 12.0. The number of carbonyl (C=O) groups excluding carboxylic acids is 1. The minimum absolute atomic E-state index is 0.0213.